The van der Waals surface area contributed by atoms with Crippen molar-refractivity contribution >= 4 is 17.6 Å². The van der Waals surface area contributed by atoms with Crippen LogP contribution in [0.4, 0.5) is 10.1 Å². The van der Waals surface area contributed by atoms with E-state index >= 15 is 0 Å². The fourth-order valence-corrected chi connectivity index (χ4v) is 3.38. The number of nitrogens with two attached hydrogens (primary N) is 1. The molecule has 7 heteroatoms. The Morgan fingerprint density at radius 1 is 1.24 bits per heavy atom. The van der Waals surface area contributed by atoms with Gasteiger partial charge >= 0.3 is 0 Å². The highest BCUT2D eigenvalue weighted by Gasteiger charge is 2.15. The van der Waals surface area contributed by atoms with Crippen LogP contribution in [0.5, 0.6) is 5.75 Å². The Balaban J connectivity index is 1.91. The molecular formula is C26H27FN4O2. The lowest BCUT2D eigenvalue weighted by atomic mass is 10.0. The molecule has 33 heavy (non-hydrogen) atoms. The second-order valence-corrected chi connectivity index (χ2v) is 7.43. The van der Waals surface area contributed by atoms with Gasteiger partial charge in [0.2, 0.25) is 0 Å². The maximum Gasteiger partial charge on any atom is 0.264 e. The molecule has 0 amide bonds. The molecule has 0 aliphatic rings. The van der Waals surface area contributed by atoms with Crippen molar-refractivity contribution in [1.29, 1.82) is 5.41 Å². The van der Waals surface area contributed by atoms with E-state index in [0.29, 0.717) is 23.4 Å². The van der Waals surface area contributed by atoms with Crippen molar-refractivity contribution in [2.75, 3.05) is 11.9 Å². The first-order chi connectivity index (χ1) is 15.9. The molecule has 0 atom stereocenters. The number of hydrogen-bond donors (Lipinski definition) is 3. The number of aromatic nitrogens is 1. The van der Waals surface area contributed by atoms with E-state index in [1.54, 1.807) is 16.8 Å². The highest BCUT2D eigenvalue weighted by molar-refractivity contribution is 5.77. The number of allylic oxidation sites excluding steroid dienone is 1. The highest BCUT2D eigenvalue weighted by atomic mass is 19.1. The van der Waals surface area contributed by atoms with Gasteiger partial charge in [0.15, 0.2) is 11.6 Å². The molecule has 0 aliphatic heterocycles. The minimum atomic E-state index is -0.613. The van der Waals surface area contributed by atoms with Gasteiger partial charge in [0.1, 0.15) is 5.76 Å². The van der Waals surface area contributed by atoms with E-state index in [0.717, 1.165) is 23.0 Å². The summed E-state index contributed by atoms with van der Waals surface area (Å²) in [7, 11) is 0. The van der Waals surface area contributed by atoms with E-state index in [9.17, 15) is 9.18 Å². The first-order valence-corrected chi connectivity index (χ1v) is 10.5. The van der Waals surface area contributed by atoms with Crippen molar-refractivity contribution < 1.29 is 9.13 Å². The fraction of sp³-hybridized carbons (Fsp3) is 0.154. The van der Waals surface area contributed by atoms with Crippen LogP contribution in [0.2, 0.25) is 0 Å². The molecule has 0 unspecified atom stereocenters. The number of halogens is 1. The van der Waals surface area contributed by atoms with E-state index < -0.39 is 5.82 Å². The number of hydrogen-bond acceptors (Lipinski definition) is 5. The number of nitrogens with zero attached hydrogens (tertiary/aromatic N) is 1. The van der Waals surface area contributed by atoms with Gasteiger partial charge in [-0.1, -0.05) is 31.2 Å². The van der Waals surface area contributed by atoms with Crippen LogP contribution in [0.3, 0.4) is 0 Å². The summed E-state index contributed by atoms with van der Waals surface area (Å²) in [5.74, 6) is -0.360. The van der Waals surface area contributed by atoms with Crippen LogP contribution < -0.4 is 21.3 Å². The summed E-state index contributed by atoms with van der Waals surface area (Å²) < 4.78 is 21.6. The molecule has 2 aromatic carbocycles. The molecule has 170 valence electrons. The minimum absolute atomic E-state index is 0.0135. The van der Waals surface area contributed by atoms with Gasteiger partial charge in [-0.3, -0.25) is 9.36 Å². The van der Waals surface area contributed by atoms with Gasteiger partial charge in [-0.2, -0.15) is 0 Å². The quantitative estimate of drug-likeness (QED) is 0.325. The SMILES string of the molecule is C=C(Nc1ccc(O/C(=C/C=N)CN)c(F)c1)c1c(CC)ccn(-c2ccc(C)cc2)c1=O. The summed E-state index contributed by atoms with van der Waals surface area (Å²) in [6.07, 6.45) is 4.77. The van der Waals surface area contributed by atoms with E-state index in [1.165, 1.54) is 18.2 Å². The number of aryl methyl sites for hydroxylation is 2. The number of nitrogens with one attached hydrogen (secondary N) is 2. The summed E-state index contributed by atoms with van der Waals surface area (Å²) in [5.41, 5.74) is 9.27. The van der Waals surface area contributed by atoms with Crippen molar-refractivity contribution in [2.24, 2.45) is 5.73 Å². The van der Waals surface area contributed by atoms with Crippen LogP contribution in [-0.4, -0.2) is 17.3 Å². The topological polar surface area (TPSA) is 93.1 Å². The smallest absolute Gasteiger partial charge is 0.264 e. The van der Waals surface area contributed by atoms with Crippen molar-refractivity contribution in [3.8, 4) is 11.4 Å². The Morgan fingerprint density at radius 2 is 1.97 bits per heavy atom. The molecule has 0 saturated heterocycles. The summed E-state index contributed by atoms with van der Waals surface area (Å²) in [6.45, 7) is 8.03. The van der Waals surface area contributed by atoms with Crippen molar-refractivity contribution in [1.82, 2.24) is 4.57 Å². The monoisotopic (exact) mass is 446 g/mol. The number of benzene rings is 2. The standard InChI is InChI=1S/C26H27FN4O2/c1-4-19-12-14-31(21-8-5-17(2)6-9-21)26(32)25(19)18(3)30-20-7-10-24(23(27)15-20)33-22(16-29)11-13-28/h5-15,28,30H,3-4,16,29H2,1-2H3/b22-11+,28-13?. The Hall–Kier alpha value is -3.97. The number of ether oxygens (including phenoxy) is 1. The molecule has 3 rings (SSSR count). The van der Waals surface area contributed by atoms with Gasteiger partial charge in [0.25, 0.3) is 5.56 Å². The molecule has 0 aliphatic carbocycles. The molecule has 0 spiro atoms. The van der Waals surface area contributed by atoms with Crippen LogP contribution in [0.15, 0.2) is 77.9 Å². The molecular weight excluding hydrogens is 419 g/mol. The normalized spacial score (nSPS) is 11.2. The summed E-state index contributed by atoms with van der Waals surface area (Å²) in [5, 5.41) is 10.1. The van der Waals surface area contributed by atoms with Crippen LogP contribution in [0.1, 0.15) is 23.6 Å². The molecule has 6 nitrogen and oxygen atoms in total. The van der Waals surface area contributed by atoms with Crippen LogP contribution >= 0.6 is 0 Å². The Kier molecular flexibility index (Phi) is 7.58. The van der Waals surface area contributed by atoms with Gasteiger partial charge in [0.05, 0.1) is 12.1 Å². The molecule has 0 fully saturated rings. The number of anilines is 1. The zero-order chi connectivity index (χ0) is 24.0. The zero-order valence-electron chi connectivity index (χ0n) is 18.7. The Labute approximate surface area is 192 Å². The summed E-state index contributed by atoms with van der Waals surface area (Å²) in [6, 6.07) is 13.9. The number of pyridine rings is 1. The Morgan fingerprint density at radius 3 is 2.58 bits per heavy atom. The maximum absolute atomic E-state index is 14.6. The molecule has 1 aromatic heterocycles. The lowest BCUT2D eigenvalue weighted by Crippen LogP contribution is -2.24. The van der Waals surface area contributed by atoms with E-state index in [-0.39, 0.29) is 23.6 Å². The average molecular weight is 447 g/mol. The molecule has 1 heterocycles. The van der Waals surface area contributed by atoms with E-state index in [2.05, 4.69) is 11.9 Å². The average Bonchev–Trinajstić information content (AvgIpc) is 2.80. The molecule has 3 aromatic rings. The van der Waals surface area contributed by atoms with Crippen LogP contribution in [-0.2, 0) is 6.42 Å². The Bertz CT molecular complexity index is 1260. The zero-order valence-corrected chi connectivity index (χ0v) is 18.7. The third kappa shape index (κ3) is 5.45. The van der Waals surface area contributed by atoms with Crippen LogP contribution in [0.25, 0.3) is 11.4 Å². The van der Waals surface area contributed by atoms with Crippen molar-refractivity contribution in [3.63, 3.8) is 0 Å². The number of rotatable bonds is 9. The second kappa shape index (κ2) is 10.6. The van der Waals surface area contributed by atoms with Gasteiger partial charge in [-0.05, 0) is 55.3 Å². The van der Waals surface area contributed by atoms with Crippen LogP contribution in [0, 0.1) is 18.2 Å². The van der Waals surface area contributed by atoms with Gasteiger partial charge in [-0.25, -0.2) is 4.39 Å². The van der Waals surface area contributed by atoms with E-state index in [1.807, 2.05) is 44.2 Å². The van der Waals surface area contributed by atoms with Crippen molar-refractivity contribution in [3.05, 3.63) is 106 Å². The lowest BCUT2D eigenvalue weighted by molar-refractivity contribution is 0.391. The third-order valence-electron chi connectivity index (χ3n) is 5.11. The molecule has 4 N–H and O–H groups in total. The third-order valence-corrected chi connectivity index (χ3v) is 5.11. The van der Waals surface area contributed by atoms with Gasteiger partial charge in [-0.15, -0.1) is 0 Å². The summed E-state index contributed by atoms with van der Waals surface area (Å²) in [4.78, 5) is 13.3. The molecule has 0 saturated carbocycles. The first kappa shape index (κ1) is 23.7. The van der Waals surface area contributed by atoms with E-state index in [4.69, 9.17) is 15.9 Å². The van der Waals surface area contributed by atoms with Gasteiger partial charge in [0, 0.05) is 35.5 Å². The lowest BCUT2D eigenvalue weighted by Gasteiger charge is -2.16. The predicted molar refractivity (Wildman–Crippen MR) is 132 cm³/mol. The van der Waals surface area contributed by atoms with Crippen molar-refractivity contribution in [2.45, 2.75) is 20.3 Å². The molecule has 0 bridgehead atoms. The second-order valence-electron chi connectivity index (χ2n) is 7.43. The minimum Gasteiger partial charge on any atom is -0.457 e. The molecule has 0 radical (unpaired) electrons. The first-order valence-electron chi connectivity index (χ1n) is 10.5. The summed E-state index contributed by atoms with van der Waals surface area (Å²) >= 11 is 0. The maximum atomic E-state index is 14.6. The largest absolute Gasteiger partial charge is 0.457 e. The fourth-order valence-electron chi connectivity index (χ4n) is 3.38. The van der Waals surface area contributed by atoms with Gasteiger partial charge < -0.3 is 21.2 Å². The predicted octanol–water partition coefficient (Wildman–Crippen LogP) is 4.80. The highest BCUT2D eigenvalue weighted by Crippen LogP contribution is 2.25.